The molecule has 0 saturated carbocycles. The van der Waals surface area contributed by atoms with Crippen molar-refractivity contribution < 1.29 is 19.0 Å². The summed E-state index contributed by atoms with van der Waals surface area (Å²) < 4.78 is 17.5. The first-order valence-corrected chi connectivity index (χ1v) is 4.13. The van der Waals surface area contributed by atoms with E-state index in [0.717, 1.165) is 0 Å². The Hall–Kier alpha value is -1.42. The first-order valence-electron chi connectivity index (χ1n) is 4.13. The maximum Gasteiger partial charge on any atom is 0.306 e. The Balaban J connectivity index is 2.78. The summed E-state index contributed by atoms with van der Waals surface area (Å²) in [5, 5.41) is 8.58. The van der Waals surface area contributed by atoms with Gasteiger partial charge in [-0.2, -0.15) is 0 Å². The Kier molecular flexibility index (Phi) is 3.59. The lowest BCUT2D eigenvalue weighted by molar-refractivity contribution is -0.139. The van der Waals surface area contributed by atoms with E-state index in [9.17, 15) is 9.18 Å². The van der Waals surface area contributed by atoms with Gasteiger partial charge in [0.2, 0.25) is 0 Å². The van der Waals surface area contributed by atoms with Crippen LogP contribution in [0.2, 0.25) is 0 Å². The molecule has 4 heteroatoms. The minimum Gasteiger partial charge on any atom is -0.481 e. The summed E-state index contributed by atoms with van der Waals surface area (Å²) in [4.78, 5) is 10.5. The molecule has 0 spiro atoms. The largest absolute Gasteiger partial charge is 0.481 e. The molecule has 0 aromatic heterocycles. The van der Waals surface area contributed by atoms with E-state index in [1.807, 2.05) is 0 Å². The molecule has 0 radical (unpaired) electrons. The average Bonchev–Trinajstić information content (AvgIpc) is 2.15. The van der Waals surface area contributed by atoms with Crippen LogP contribution in [-0.4, -0.2) is 18.2 Å². The van der Waals surface area contributed by atoms with E-state index in [2.05, 4.69) is 0 Å². The summed E-state index contributed by atoms with van der Waals surface area (Å²) in [7, 11) is 1.43. The van der Waals surface area contributed by atoms with E-state index < -0.39 is 12.1 Å². The molecular formula is C10H11FO3. The third-order valence-corrected chi connectivity index (χ3v) is 1.89. The Labute approximate surface area is 81.1 Å². The van der Waals surface area contributed by atoms with Gasteiger partial charge in [-0.3, -0.25) is 4.79 Å². The van der Waals surface area contributed by atoms with E-state index in [0.29, 0.717) is 5.56 Å². The molecule has 0 aliphatic carbocycles. The van der Waals surface area contributed by atoms with E-state index in [1.54, 1.807) is 0 Å². The number of carbonyl (C=O) groups is 1. The number of halogens is 1. The standard InChI is InChI=1S/C10H11FO3/c1-14-9(6-10(12)13)7-2-4-8(11)5-3-7/h2-5,9H,6H2,1H3,(H,12,13). The van der Waals surface area contributed by atoms with Crippen LogP contribution in [0, 0.1) is 5.82 Å². The molecule has 0 fully saturated rings. The number of carboxylic acid groups (broad SMARTS) is 1. The van der Waals surface area contributed by atoms with Gasteiger partial charge in [-0.25, -0.2) is 4.39 Å². The molecule has 0 amide bonds. The molecular weight excluding hydrogens is 187 g/mol. The smallest absolute Gasteiger partial charge is 0.306 e. The lowest BCUT2D eigenvalue weighted by atomic mass is 10.1. The van der Waals surface area contributed by atoms with E-state index in [1.165, 1.54) is 31.4 Å². The lowest BCUT2D eigenvalue weighted by Crippen LogP contribution is -2.08. The third-order valence-electron chi connectivity index (χ3n) is 1.89. The zero-order chi connectivity index (χ0) is 10.6. The van der Waals surface area contributed by atoms with Gasteiger partial charge < -0.3 is 9.84 Å². The molecule has 0 bridgehead atoms. The summed E-state index contributed by atoms with van der Waals surface area (Å²) in [5.41, 5.74) is 0.663. The van der Waals surface area contributed by atoms with Crippen LogP contribution in [0.15, 0.2) is 24.3 Å². The van der Waals surface area contributed by atoms with Crippen molar-refractivity contribution in [3.05, 3.63) is 35.6 Å². The summed E-state index contributed by atoms with van der Waals surface area (Å²) in [6, 6.07) is 5.60. The van der Waals surface area contributed by atoms with Crippen LogP contribution in [0.4, 0.5) is 4.39 Å². The number of methoxy groups -OCH3 is 1. The summed E-state index contributed by atoms with van der Waals surface area (Å²) in [6.07, 6.45) is -0.643. The zero-order valence-corrected chi connectivity index (χ0v) is 7.74. The fraction of sp³-hybridized carbons (Fsp3) is 0.300. The molecule has 1 N–H and O–H groups in total. The average molecular weight is 198 g/mol. The highest BCUT2D eigenvalue weighted by Crippen LogP contribution is 2.20. The zero-order valence-electron chi connectivity index (χ0n) is 7.74. The monoisotopic (exact) mass is 198 g/mol. The van der Waals surface area contributed by atoms with Crippen molar-refractivity contribution in [1.82, 2.24) is 0 Å². The van der Waals surface area contributed by atoms with Crippen molar-refractivity contribution in [3.8, 4) is 0 Å². The maximum absolute atomic E-state index is 12.6. The Morgan fingerprint density at radius 2 is 2.07 bits per heavy atom. The molecule has 0 saturated heterocycles. The molecule has 76 valence electrons. The lowest BCUT2D eigenvalue weighted by Gasteiger charge is -2.12. The maximum atomic E-state index is 12.6. The highest BCUT2D eigenvalue weighted by atomic mass is 19.1. The van der Waals surface area contributed by atoms with Gasteiger partial charge >= 0.3 is 5.97 Å². The Morgan fingerprint density at radius 1 is 1.50 bits per heavy atom. The van der Waals surface area contributed by atoms with Crippen molar-refractivity contribution >= 4 is 5.97 Å². The van der Waals surface area contributed by atoms with E-state index >= 15 is 0 Å². The summed E-state index contributed by atoms with van der Waals surface area (Å²) in [5.74, 6) is -1.29. The van der Waals surface area contributed by atoms with Gasteiger partial charge in [0, 0.05) is 7.11 Å². The van der Waals surface area contributed by atoms with Crippen molar-refractivity contribution in [2.75, 3.05) is 7.11 Å². The van der Waals surface area contributed by atoms with Crippen molar-refractivity contribution in [2.24, 2.45) is 0 Å². The van der Waals surface area contributed by atoms with Crippen LogP contribution in [0.5, 0.6) is 0 Å². The normalized spacial score (nSPS) is 12.4. The third kappa shape index (κ3) is 2.81. The number of benzene rings is 1. The molecule has 14 heavy (non-hydrogen) atoms. The Bertz CT molecular complexity index is 308. The SMILES string of the molecule is COC(CC(=O)O)c1ccc(F)cc1. The van der Waals surface area contributed by atoms with Crippen LogP contribution < -0.4 is 0 Å². The number of hydrogen-bond acceptors (Lipinski definition) is 2. The van der Waals surface area contributed by atoms with Crippen molar-refractivity contribution in [3.63, 3.8) is 0 Å². The number of carboxylic acids is 1. The second kappa shape index (κ2) is 4.72. The predicted molar refractivity (Wildman–Crippen MR) is 48.4 cm³/mol. The van der Waals surface area contributed by atoms with Gasteiger partial charge in [-0.05, 0) is 17.7 Å². The predicted octanol–water partition coefficient (Wildman–Crippen LogP) is 1.99. The molecule has 3 nitrogen and oxygen atoms in total. The quantitative estimate of drug-likeness (QED) is 0.804. The van der Waals surface area contributed by atoms with Crippen molar-refractivity contribution in [2.45, 2.75) is 12.5 Å². The van der Waals surface area contributed by atoms with Gasteiger partial charge in [-0.15, -0.1) is 0 Å². The molecule has 1 aromatic rings. The van der Waals surface area contributed by atoms with Crippen LogP contribution in [-0.2, 0) is 9.53 Å². The van der Waals surface area contributed by atoms with Gasteiger partial charge in [0.25, 0.3) is 0 Å². The summed E-state index contributed by atoms with van der Waals surface area (Å²) >= 11 is 0. The Morgan fingerprint density at radius 3 is 2.50 bits per heavy atom. The summed E-state index contributed by atoms with van der Waals surface area (Å²) in [6.45, 7) is 0. The molecule has 1 atom stereocenters. The number of ether oxygens (including phenoxy) is 1. The molecule has 0 heterocycles. The fourth-order valence-corrected chi connectivity index (χ4v) is 1.17. The highest BCUT2D eigenvalue weighted by molar-refractivity contribution is 5.67. The van der Waals surface area contributed by atoms with E-state index in [4.69, 9.17) is 9.84 Å². The van der Waals surface area contributed by atoms with Crippen molar-refractivity contribution in [1.29, 1.82) is 0 Å². The van der Waals surface area contributed by atoms with E-state index in [-0.39, 0.29) is 12.2 Å². The minimum atomic E-state index is -0.943. The highest BCUT2D eigenvalue weighted by Gasteiger charge is 2.14. The fourth-order valence-electron chi connectivity index (χ4n) is 1.17. The molecule has 0 aliphatic rings. The van der Waals surface area contributed by atoms with Gasteiger partial charge in [-0.1, -0.05) is 12.1 Å². The van der Waals surface area contributed by atoms with Gasteiger partial charge in [0.1, 0.15) is 5.82 Å². The van der Waals surface area contributed by atoms with Crippen LogP contribution in [0.1, 0.15) is 18.1 Å². The minimum absolute atomic E-state index is 0.123. The second-order valence-electron chi connectivity index (χ2n) is 2.87. The van der Waals surface area contributed by atoms with Gasteiger partial charge in [0.05, 0.1) is 12.5 Å². The second-order valence-corrected chi connectivity index (χ2v) is 2.87. The van der Waals surface area contributed by atoms with Gasteiger partial charge in [0.15, 0.2) is 0 Å². The number of rotatable bonds is 4. The first kappa shape index (κ1) is 10.7. The first-order chi connectivity index (χ1) is 6.63. The van der Waals surface area contributed by atoms with Crippen LogP contribution in [0.3, 0.4) is 0 Å². The molecule has 0 aliphatic heterocycles. The molecule has 1 aromatic carbocycles. The topological polar surface area (TPSA) is 46.5 Å². The van der Waals surface area contributed by atoms with Crippen LogP contribution >= 0.6 is 0 Å². The molecule has 1 unspecified atom stereocenters. The number of aliphatic carboxylic acids is 1. The van der Waals surface area contributed by atoms with Crippen LogP contribution in [0.25, 0.3) is 0 Å². The molecule has 1 rings (SSSR count). The number of hydrogen-bond donors (Lipinski definition) is 1.